The molecule has 616 valence electrons. The molecule has 0 atom stereocenters. The molecule has 2 N–H and O–H groups in total. The maximum absolute atomic E-state index is 12.6. The molecule has 0 fully saturated rings. The first kappa shape index (κ1) is 97.2. The molecule has 0 aliphatic carbocycles. The van der Waals surface area contributed by atoms with Gasteiger partial charge in [0.2, 0.25) is 17.5 Å². The van der Waals surface area contributed by atoms with E-state index in [9.17, 15) is 14.7 Å². The number of isocyanates is 1. The Bertz CT molecular complexity index is 3910. The minimum Gasteiger partial charge on any atom is -0.448 e. The van der Waals surface area contributed by atoms with E-state index in [1.807, 2.05) is 41.5 Å². The van der Waals surface area contributed by atoms with E-state index in [1.165, 1.54) is 62.5 Å². The lowest BCUT2D eigenvalue weighted by atomic mass is 9.81. The number of aliphatic imine (C=N–C) groups is 1. The molecule has 4 aromatic carbocycles. The van der Waals surface area contributed by atoms with Crippen molar-refractivity contribution < 1.29 is 113 Å². The van der Waals surface area contributed by atoms with Crippen LogP contribution in [0.15, 0.2) is 199 Å². The van der Waals surface area contributed by atoms with Crippen LogP contribution < -0.4 is 52.4 Å². The second-order valence-corrected chi connectivity index (χ2v) is 35.0. The first-order valence-electron chi connectivity index (χ1n) is 38.4. The summed E-state index contributed by atoms with van der Waals surface area (Å²) in [6.45, 7) is 42.1. The van der Waals surface area contributed by atoms with Crippen molar-refractivity contribution in [3.8, 4) is 0 Å². The van der Waals surface area contributed by atoms with Crippen LogP contribution in [-0.2, 0) is 57.7 Å². The van der Waals surface area contributed by atoms with Crippen LogP contribution in [-0.4, -0.2) is 148 Å². The zero-order valence-corrected chi connectivity index (χ0v) is 71.9. The van der Waals surface area contributed by atoms with Gasteiger partial charge >= 0.3 is 23.7 Å². The number of hydrogen-bond donors (Lipinski definition) is 2. The fourth-order valence-corrected chi connectivity index (χ4v) is 19.5. The molecule has 4 heterocycles. The van der Waals surface area contributed by atoms with E-state index < -0.39 is 44.2 Å². The van der Waals surface area contributed by atoms with Gasteiger partial charge in [-0.25, -0.2) is 51.9 Å². The van der Waals surface area contributed by atoms with Gasteiger partial charge in [-0.3, -0.25) is 0 Å². The number of nitrogens with one attached hydrogen (secondary N) is 1. The predicted molar refractivity (Wildman–Crippen MR) is 423 cm³/mol. The first-order chi connectivity index (χ1) is 53.1. The van der Waals surface area contributed by atoms with Crippen molar-refractivity contribution in [2.45, 2.75) is 170 Å². The van der Waals surface area contributed by atoms with Crippen LogP contribution in [0.4, 0.5) is 27.5 Å². The summed E-state index contributed by atoms with van der Waals surface area (Å²) in [4.78, 5) is 30.6. The highest BCUT2D eigenvalue weighted by molar-refractivity contribution is 6.61. The Morgan fingerprint density at radius 1 is 0.491 bits per heavy atom. The zero-order valence-electron chi connectivity index (χ0n) is 68.3. The molecular formula is C84H120Cl2N6O18Si2. The van der Waals surface area contributed by atoms with E-state index in [2.05, 4.69) is 281 Å². The summed E-state index contributed by atoms with van der Waals surface area (Å²) in [5.74, 6) is 0. The molecule has 1 amide bonds. The second kappa shape index (κ2) is 47.6. The average molecular weight is 1630 g/mol. The number of carbonyl (C=O) groups excluding carboxylic acids is 2. The number of rotatable bonds is 37. The number of benzene rings is 4. The molecular weight excluding hydrogens is 1510 g/mol. The van der Waals surface area contributed by atoms with Gasteiger partial charge in [0.05, 0.1) is 30.5 Å². The van der Waals surface area contributed by atoms with Gasteiger partial charge in [-0.2, -0.15) is 9.15 Å². The number of amides is 1. The summed E-state index contributed by atoms with van der Waals surface area (Å²) in [5.41, 5.74) is 15.0. The van der Waals surface area contributed by atoms with Crippen molar-refractivity contribution in [1.29, 1.82) is 0 Å². The highest BCUT2D eigenvalue weighted by Crippen LogP contribution is 2.49. The van der Waals surface area contributed by atoms with Crippen molar-refractivity contribution in [2.75, 3.05) is 102 Å². The number of ether oxygens (including phenoxy) is 1. The van der Waals surface area contributed by atoms with E-state index in [0.717, 1.165) is 43.7 Å². The molecule has 0 unspecified atom stereocenters. The van der Waals surface area contributed by atoms with Crippen LogP contribution in [0.5, 0.6) is 0 Å². The number of aliphatic hydroxyl groups is 1. The van der Waals surface area contributed by atoms with E-state index in [0.29, 0.717) is 84.3 Å². The topological polar surface area (TPSA) is 340 Å². The fourth-order valence-electron chi connectivity index (χ4n) is 14.2. The number of fused-ring (bicyclic) bond motifs is 4. The van der Waals surface area contributed by atoms with Gasteiger partial charge in [-0.1, -0.05) is 175 Å². The lowest BCUT2D eigenvalue weighted by Crippen LogP contribution is -2.68. The van der Waals surface area contributed by atoms with Gasteiger partial charge < -0.3 is 51.5 Å². The number of allylic oxidation sites excluding steroid dienone is 16. The highest BCUT2D eigenvalue weighted by atomic mass is 35.7. The van der Waals surface area contributed by atoms with Gasteiger partial charge in [0.15, 0.2) is 11.4 Å². The van der Waals surface area contributed by atoms with Gasteiger partial charge in [0, 0.05) is 147 Å². The molecule has 0 bridgehead atoms. The molecule has 112 heavy (non-hydrogen) atoms. The zero-order chi connectivity index (χ0) is 83.2. The van der Waals surface area contributed by atoms with Crippen LogP contribution in [0.2, 0.25) is 12.1 Å². The third kappa shape index (κ3) is 29.3. The molecule has 4 aliphatic rings. The third-order valence-electron chi connectivity index (χ3n) is 18.8. The molecule has 0 saturated carbocycles. The number of hydrogen-bond acceptors (Lipinski definition) is 21. The number of halogens is 2. The van der Waals surface area contributed by atoms with Crippen LogP contribution in [0, 0.1) is 20.5 Å². The van der Waals surface area contributed by atoms with Gasteiger partial charge in [0.1, 0.15) is 19.7 Å². The summed E-state index contributed by atoms with van der Waals surface area (Å²) in [6, 6.07) is 35.8. The Hall–Kier alpha value is -7.20. The molecule has 4 aliphatic heterocycles. The molecule has 28 heteroatoms. The summed E-state index contributed by atoms with van der Waals surface area (Å²) in [5, 5.41) is 12.5. The van der Waals surface area contributed by atoms with E-state index in [1.54, 1.807) is 0 Å². The van der Waals surface area contributed by atoms with Crippen LogP contribution in [0.3, 0.4) is 0 Å². The van der Waals surface area contributed by atoms with Crippen LogP contribution in [0.25, 0.3) is 0 Å². The maximum Gasteiger partial charge on any atom is 0.500 e. The Balaban J connectivity index is 0.000000370. The molecule has 8 rings (SSSR count). The lowest BCUT2D eigenvalue weighted by molar-refractivity contribution is -2.00. The minimum atomic E-state index is -4.94. The maximum atomic E-state index is 12.6. The highest BCUT2D eigenvalue weighted by Gasteiger charge is 2.47. The van der Waals surface area contributed by atoms with Gasteiger partial charge in [0.25, 0.3) is 0 Å². The minimum absolute atomic E-state index is 0.00438. The number of β-amino-alcohol motifs (C(OH)–C–C–N with tert-alkyl or cyclic N) is 1. The normalized spacial score (nSPS) is 16.7. The SMILES string of the molecule is CCC[N+]1=C(/C=C/C=C/C=C/C=C2/N(CCO)c3ccccc3C2(C)C)C(C)(C)c2ccccc21.CCC[N+]1=C(/C=C/C=C/C=C/C=C2/N(CCOC(=O)NCCC[Si](OCC)(OCC)OCC)c3ccccc3C2(C)C)C(C)(C)c2ccccc21.CCO[Si](CCCN=C=O)(OCC)OCC.[O-][Cl+3]([O-])([O-])[O-].[O-][Cl+3]([O-])([O-])[O-]. The third-order valence-corrected chi connectivity index (χ3v) is 25.1. The van der Waals surface area contributed by atoms with Crippen molar-refractivity contribution in [3.63, 3.8) is 0 Å². The Morgan fingerprint density at radius 2 is 0.830 bits per heavy atom. The molecule has 0 radical (unpaired) electrons. The summed E-state index contributed by atoms with van der Waals surface area (Å²) >= 11 is 0. The van der Waals surface area contributed by atoms with Crippen molar-refractivity contribution in [2.24, 2.45) is 4.99 Å². The predicted octanol–water partition coefficient (Wildman–Crippen LogP) is 8.05. The van der Waals surface area contributed by atoms with E-state index in [4.69, 9.17) is 68.6 Å². The number of carbonyl (C=O) groups is 1. The van der Waals surface area contributed by atoms with Crippen molar-refractivity contribution in [1.82, 2.24) is 5.32 Å². The fraction of sp³-hybridized carbons (Fsp3) is 0.476. The summed E-state index contributed by atoms with van der Waals surface area (Å²) in [7, 11) is -15.2. The molecule has 24 nitrogen and oxygen atoms in total. The first-order valence-corrected chi connectivity index (χ1v) is 44.8. The number of para-hydroxylation sites is 4. The number of nitrogens with zero attached hydrogens (tertiary/aromatic N) is 5. The van der Waals surface area contributed by atoms with Crippen molar-refractivity contribution in [3.05, 3.63) is 216 Å². The molecule has 0 saturated heterocycles. The Morgan fingerprint density at radius 3 is 1.20 bits per heavy atom. The van der Waals surface area contributed by atoms with Gasteiger partial charge in [-0.15, -0.1) is 20.5 Å². The monoisotopic (exact) mass is 1630 g/mol. The number of alkyl carbamates (subject to hydrolysis) is 1. The van der Waals surface area contributed by atoms with Crippen molar-refractivity contribution >= 4 is 64.0 Å². The summed E-state index contributed by atoms with van der Waals surface area (Å²) < 4.78 is 113. The summed E-state index contributed by atoms with van der Waals surface area (Å²) in [6.07, 6.45) is 34.6. The number of aliphatic hydroxyl groups excluding tert-OH is 1. The lowest BCUT2D eigenvalue weighted by Gasteiger charge is -2.28. The number of anilines is 2. The standard InChI is InChI=1S/C42H59N3O5Si.C32H39N2O.C10H21NO4Si.2ClHO4/c1-9-30-44-36-25-20-18-23-34(36)41(5,6)38(44)27-16-14-13-15-17-28-39-42(7,8)35-24-19-21-26-37(35)45(39)31-32-47-40(46)43-29-22-33-51(48-10-2,49-11-3)50-12-4;1-6-22-33-27-18-14-12-16-25(27)31(2,3)29(33)20-10-8-7-9-11-21-30-32(4,5)26-17-13-15-19-28(26)34(30)23-24-35;1-4-13-16(14-5-2,15-6-3)9-7-8-11-10-12;2*2-1(3,4)5/h13-21,23-28H,9-12,22,29-33H2,1-8H3;7-21,35H,6,22-24H2,1-5H3;4-9H2,1-3H3;2*(H,2,3,4,5)/q;+1;;;/p-1. The van der Waals surface area contributed by atoms with Crippen LogP contribution in [0.1, 0.15) is 159 Å². The quantitative estimate of drug-likeness (QED) is 0.0108. The second-order valence-electron chi connectivity index (χ2n) is 28.0. The van der Waals surface area contributed by atoms with Gasteiger partial charge in [-0.05, 0) is 117 Å². The van der Waals surface area contributed by atoms with E-state index >= 15 is 0 Å². The Kier molecular flexibility index (Phi) is 41.3. The van der Waals surface area contributed by atoms with E-state index in [-0.39, 0.29) is 34.9 Å². The van der Waals surface area contributed by atoms with Crippen LogP contribution >= 0.6 is 0 Å². The molecule has 4 aromatic rings. The molecule has 0 aromatic heterocycles. The Labute approximate surface area is 671 Å². The largest absolute Gasteiger partial charge is 0.500 e. The average Bonchev–Trinajstić information content (AvgIpc) is 1.62. The molecule has 0 spiro atoms. The smallest absolute Gasteiger partial charge is 0.448 e.